The van der Waals surface area contributed by atoms with Crippen molar-refractivity contribution >= 4 is 21.9 Å². The van der Waals surface area contributed by atoms with Crippen molar-refractivity contribution < 1.29 is 9.90 Å². The van der Waals surface area contributed by atoms with E-state index < -0.39 is 11.4 Å². The molecule has 23 heavy (non-hydrogen) atoms. The van der Waals surface area contributed by atoms with E-state index in [9.17, 15) is 9.90 Å². The molecule has 124 valence electrons. The molecule has 1 aromatic carbocycles. The molecule has 0 atom stereocenters. The third kappa shape index (κ3) is 4.20. The Balaban J connectivity index is 1.97. The molecular weight excluding hydrogens is 358 g/mol. The highest BCUT2D eigenvalue weighted by molar-refractivity contribution is 9.10. The van der Waals surface area contributed by atoms with Gasteiger partial charge in [0.05, 0.1) is 23.9 Å². The molecule has 6 heteroatoms. The predicted octanol–water partition coefficient (Wildman–Crippen LogP) is 3.82. The predicted molar refractivity (Wildman–Crippen MR) is 94.1 cm³/mol. The number of carbonyl (C=O) groups is 1. The van der Waals surface area contributed by atoms with Crippen LogP contribution in [-0.2, 0) is 11.3 Å². The third-order valence-corrected chi connectivity index (χ3v) is 4.88. The number of aromatic amines is 1. The van der Waals surface area contributed by atoms with E-state index in [0.29, 0.717) is 25.9 Å². The highest BCUT2D eigenvalue weighted by atomic mass is 79.9. The van der Waals surface area contributed by atoms with E-state index in [2.05, 4.69) is 31.2 Å². The molecule has 0 aliphatic heterocycles. The summed E-state index contributed by atoms with van der Waals surface area (Å²) in [5, 5.41) is 12.6. The number of aromatic nitrogens is 2. The average Bonchev–Trinajstić information content (AvgIpc) is 3.01. The highest BCUT2D eigenvalue weighted by Gasteiger charge is 2.34. The molecule has 0 radical (unpaired) electrons. The van der Waals surface area contributed by atoms with Gasteiger partial charge in [0.1, 0.15) is 5.82 Å². The number of imidazole rings is 1. The molecule has 0 bridgehead atoms. The molecule has 2 rings (SSSR count). The maximum atomic E-state index is 11.5. The lowest BCUT2D eigenvalue weighted by molar-refractivity contribution is -0.149. The van der Waals surface area contributed by atoms with Gasteiger partial charge in [0.25, 0.3) is 0 Å². The first-order chi connectivity index (χ1) is 11.0. The second-order valence-electron chi connectivity index (χ2n) is 5.65. The summed E-state index contributed by atoms with van der Waals surface area (Å²) in [6.45, 7) is 4.78. The van der Waals surface area contributed by atoms with Gasteiger partial charge in [0.15, 0.2) is 0 Å². The van der Waals surface area contributed by atoms with Crippen LogP contribution >= 0.6 is 15.9 Å². The molecule has 0 amide bonds. The van der Waals surface area contributed by atoms with E-state index in [4.69, 9.17) is 0 Å². The first-order valence-corrected chi connectivity index (χ1v) is 8.54. The zero-order valence-corrected chi connectivity index (χ0v) is 15.0. The van der Waals surface area contributed by atoms with Crippen LogP contribution in [0.15, 0.2) is 34.9 Å². The maximum absolute atomic E-state index is 11.5. The summed E-state index contributed by atoms with van der Waals surface area (Å²) in [6, 6.07) is 7.99. The molecule has 0 saturated heterocycles. The van der Waals surface area contributed by atoms with E-state index in [-0.39, 0.29) is 0 Å². The van der Waals surface area contributed by atoms with Gasteiger partial charge in [-0.25, -0.2) is 4.98 Å². The van der Waals surface area contributed by atoms with Crippen molar-refractivity contribution in [1.29, 1.82) is 0 Å². The molecule has 2 aromatic rings. The van der Waals surface area contributed by atoms with Crippen molar-refractivity contribution in [3.63, 3.8) is 0 Å². The molecule has 5 nitrogen and oxygen atoms in total. The Labute approximate surface area is 144 Å². The van der Waals surface area contributed by atoms with Gasteiger partial charge in [-0.2, -0.15) is 0 Å². The Kier molecular flexibility index (Phi) is 5.96. The molecule has 0 spiro atoms. The topological polar surface area (TPSA) is 78.0 Å². The van der Waals surface area contributed by atoms with Gasteiger partial charge in [0.2, 0.25) is 0 Å². The van der Waals surface area contributed by atoms with E-state index in [1.54, 1.807) is 6.20 Å². The number of benzene rings is 1. The monoisotopic (exact) mass is 379 g/mol. The Bertz CT molecular complexity index is 648. The molecule has 1 aromatic heterocycles. The SMILES string of the molecule is CCC(CC)(CNCc1ncc(-c2ccc(Br)cc2)[nH]1)C(=O)O. The minimum Gasteiger partial charge on any atom is -0.481 e. The molecular formula is C17H22BrN3O2. The molecule has 0 unspecified atom stereocenters. The second kappa shape index (κ2) is 7.75. The lowest BCUT2D eigenvalue weighted by Crippen LogP contribution is -2.40. The second-order valence-corrected chi connectivity index (χ2v) is 6.56. The number of aliphatic carboxylic acids is 1. The van der Waals surface area contributed by atoms with E-state index in [1.807, 2.05) is 38.1 Å². The maximum Gasteiger partial charge on any atom is 0.310 e. The van der Waals surface area contributed by atoms with Gasteiger partial charge in [-0.15, -0.1) is 0 Å². The van der Waals surface area contributed by atoms with Crippen molar-refractivity contribution in [2.75, 3.05) is 6.54 Å². The number of hydrogen-bond donors (Lipinski definition) is 3. The fourth-order valence-corrected chi connectivity index (χ4v) is 2.79. The summed E-state index contributed by atoms with van der Waals surface area (Å²) >= 11 is 3.42. The fraction of sp³-hybridized carbons (Fsp3) is 0.412. The fourth-order valence-electron chi connectivity index (χ4n) is 2.53. The van der Waals surface area contributed by atoms with Gasteiger partial charge in [-0.05, 0) is 30.5 Å². The summed E-state index contributed by atoms with van der Waals surface area (Å²) in [7, 11) is 0. The number of carboxylic acid groups (broad SMARTS) is 1. The summed E-state index contributed by atoms with van der Waals surface area (Å²) < 4.78 is 1.03. The van der Waals surface area contributed by atoms with E-state index in [0.717, 1.165) is 21.6 Å². The number of rotatable bonds is 8. The summed E-state index contributed by atoms with van der Waals surface area (Å²) in [6.07, 6.45) is 3.01. The first-order valence-electron chi connectivity index (χ1n) is 7.74. The Morgan fingerprint density at radius 2 is 1.96 bits per heavy atom. The minimum atomic E-state index is -0.745. The van der Waals surface area contributed by atoms with Crippen LogP contribution in [0.3, 0.4) is 0 Å². The van der Waals surface area contributed by atoms with Crippen molar-refractivity contribution in [3.8, 4) is 11.3 Å². The summed E-state index contributed by atoms with van der Waals surface area (Å²) in [5.74, 6) is 0.0550. The first kappa shape index (κ1) is 17.7. The molecule has 0 saturated carbocycles. The van der Waals surface area contributed by atoms with Gasteiger partial charge in [-0.3, -0.25) is 4.79 Å². The largest absolute Gasteiger partial charge is 0.481 e. The van der Waals surface area contributed by atoms with Crippen molar-refractivity contribution in [2.24, 2.45) is 5.41 Å². The van der Waals surface area contributed by atoms with Gasteiger partial charge < -0.3 is 15.4 Å². The number of nitrogens with zero attached hydrogens (tertiary/aromatic N) is 1. The van der Waals surface area contributed by atoms with Gasteiger partial charge >= 0.3 is 5.97 Å². The third-order valence-electron chi connectivity index (χ3n) is 4.35. The van der Waals surface area contributed by atoms with Crippen molar-refractivity contribution in [3.05, 3.63) is 40.8 Å². The summed E-state index contributed by atoms with van der Waals surface area (Å²) in [4.78, 5) is 19.1. The lowest BCUT2D eigenvalue weighted by atomic mass is 9.82. The molecule has 3 N–H and O–H groups in total. The quantitative estimate of drug-likeness (QED) is 0.651. The summed E-state index contributed by atoms with van der Waals surface area (Å²) in [5.41, 5.74) is 1.31. The number of carboxylic acids is 1. The molecule has 0 aliphatic carbocycles. The number of H-pyrrole nitrogens is 1. The van der Waals surface area contributed by atoms with Crippen LogP contribution in [0.5, 0.6) is 0 Å². The lowest BCUT2D eigenvalue weighted by Gasteiger charge is -2.26. The van der Waals surface area contributed by atoms with Gasteiger partial charge in [-0.1, -0.05) is 41.9 Å². The van der Waals surface area contributed by atoms with Crippen LogP contribution in [0.4, 0.5) is 0 Å². The van der Waals surface area contributed by atoms with Gasteiger partial charge in [0, 0.05) is 11.0 Å². The standard InChI is InChI=1S/C17H22BrN3O2/c1-3-17(4-2,16(22)23)11-19-10-15-20-9-14(21-15)12-5-7-13(18)8-6-12/h5-9,19H,3-4,10-11H2,1-2H3,(H,20,21)(H,22,23). The molecule has 0 aliphatic rings. The average molecular weight is 380 g/mol. The van der Waals surface area contributed by atoms with Crippen LogP contribution in [0.2, 0.25) is 0 Å². The van der Waals surface area contributed by atoms with Crippen LogP contribution in [-0.4, -0.2) is 27.6 Å². The van der Waals surface area contributed by atoms with Crippen LogP contribution in [0.25, 0.3) is 11.3 Å². The van der Waals surface area contributed by atoms with Crippen LogP contribution < -0.4 is 5.32 Å². The minimum absolute atomic E-state index is 0.434. The van der Waals surface area contributed by atoms with Crippen molar-refractivity contribution in [1.82, 2.24) is 15.3 Å². The van der Waals surface area contributed by atoms with Crippen molar-refractivity contribution in [2.45, 2.75) is 33.2 Å². The molecule has 0 fully saturated rings. The van der Waals surface area contributed by atoms with Crippen LogP contribution in [0.1, 0.15) is 32.5 Å². The van der Waals surface area contributed by atoms with E-state index in [1.165, 1.54) is 0 Å². The Morgan fingerprint density at radius 1 is 1.30 bits per heavy atom. The zero-order valence-electron chi connectivity index (χ0n) is 13.4. The highest BCUT2D eigenvalue weighted by Crippen LogP contribution is 2.26. The van der Waals surface area contributed by atoms with Crippen LogP contribution in [0, 0.1) is 5.41 Å². The number of nitrogens with one attached hydrogen (secondary N) is 2. The molecule has 1 heterocycles. The smallest absolute Gasteiger partial charge is 0.310 e. The Morgan fingerprint density at radius 3 is 2.52 bits per heavy atom. The number of halogens is 1. The zero-order chi connectivity index (χ0) is 16.9. The normalized spacial score (nSPS) is 11.6. The van der Waals surface area contributed by atoms with E-state index >= 15 is 0 Å². The number of hydrogen-bond acceptors (Lipinski definition) is 3. The Hall–Kier alpha value is -1.66.